The molecule has 1 N–H and O–H groups in total. The van der Waals surface area contributed by atoms with Gasteiger partial charge in [0.1, 0.15) is 0 Å². The van der Waals surface area contributed by atoms with Crippen LogP contribution in [0.25, 0.3) is 11.3 Å². The van der Waals surface area contributed by atoms with Gasteiger partial charge in [-0.3, -0.25) is 14.3 Å². The van der Waals surface area contributed by atoms with E-state index in [-0.39, 0.29) is 11.7 Å². The van der Waals surface area contributed by atoms with Crippen molar-refractivity contribution < 1.29 is 9.59 Å². The molecular weight excluding hydrogens is 254 g/mol. The molecule has 2 heterocycles. The Labute approximate surface area is 116 Å². The first-order valence-corrected chi connectivity index (χ1v) is 6.52. The number of ketones is 1. The highest BCUT2D eigenvalue weighted by Gasteiger charge is 2.40. The van der Waals surface area contributed by atoms with Gasteiger partial charge in [0.15, 0.2) is 11.8 Å². The second-order valence-corrected chi connectivity index (χ2v) is 5.09. The topological polar surface area (TPSA) is 64.0 Å². The molecule has 5 heteroatoms. The lowest BCUT2D eigenvalue weighted by atomic mass is 10.1. The molecule has 1 aromatic carbocycles. The molecule has 0 bridgehead atoms. The number of aromatic nitrogens is 2. The molecule has 1 aliphatic rings. The van der Waals surface area contributed by atoms with E-state index in [0.717, 1.165) is 16.8 Å². The second kappa shape index (κ2) is 4.59. The summed E-state index contributed by atoms with van der Waals surface area (Å²) >= 11 is 0. The Morgan fingerprint density at radius 2 is 2.05 bits per heavy atom. The predicted molar refractivity (Wildman–Crippen MR) is 74.0 cm³/mol. The summed E-state index contributed by atoms with van der Waals surface area (Å²) in [5.41, 5.74) is 2.87. The van der Waals surface area contributed by atoms with Gasteiger partial charge in [-0.2, -0.15) is 5.10 Å². The molecule has 20 heavy (non-hydrogen) atoms. The standard InChI is InChI=1S/C15H15N3O2/c1-9-4-3-5-11(8-9)12-6-7-18(17-12)13-14(19)10(2)16-15(13)20/h3-8,10,13H,1-2H3,(H,16,20). The van der Waals surface area contributed by atoms with Gasteiger partial charge in [0, 0.05) is 11.8 Å². The third-order valence-corrected chi connectivity index (χ3v) is 3.49. The minimum absolute atomic E-state index is 0.145. The number of rotatable bonds is 2. The quantitative estimate of drug-likeness (QED) is 0.840. The van der Waals surface area contributed by atoms with E-state index >= 15 is 0 Å². The third-order valence-electron chi connectivity index (χ3n) is 3.49. The molecule has 1 saturated heterocycles. The van der Waals surface area contributed by atoms with Crippen LogP contribution >= 0.6 is 0 Å². The maximum Gasteiger partial charge on any atom is 0.253 e. The number of carbonyl (C=O) groups is 2. The van der Waals surface area contributed by atoms with Gasteiger partial charge in [-0.1, -0.05) is 23.8 Å². The fourth-order valence-electron chi connectivity index (χ4n) is 2.42. The molecule has 2 unspecified atom stereocenters. The zero-order chi connectivity index (χ0) is 14.3. The van der Waals surface area contributed by atoms with E-state index in [2.05, 4.69) is 10.4 Å². The highest BCUT2D eigenvalue weighted by atomic mass is 16.2. The summed E-state index contributed by atoms with van der Waals surface area (Å²) in [6.45, 7) is 3.70. The van der Waals surface area contributed by atoms with E-state index in [1.54, 1.807) is 13.1 Å². The van der Waals surface area contributed by atoms with Crippen molar-refractivity contribution in [2.24, 2.45) is 0 Å². The van der Waals surface area contributed by atoms with Crippen LogP contribution < -0.4 is 5.32 Å². The number of hydrogen-bond donors (Lipinski definition) is 1. The molecule has 0 saturated carbocycles. The van der Waals surface area contributed by atoms with Crippen LogP contribution in [0, 0.1) is 6.92 Å². The van der Waals surface area contributed by atoms with Crippen molar-refractivity contribution in [2.45, 2.75) is 25.9 Å². The third kappa shape index (κ3) is 2.01. The summed E-state index contributed by atoms with van der Waals surface area (Å²) in [5.74, 6) is -0.435. The molecule has 2 atom stereocenters. The van der Waals surface area contributed by atoms with Gasteiger partial charge in [-0.25, -0.2) is 0 Å². The molecule has 1 fully saturated rings. The van der Waals surface area contributed by atoms with Gasteiger partial charge in [-0.15, -0.1) is 0 Å². The number of carbonyl (C=O) groups excluding carboxylic acids is 2. The van der Waals surface area contributed by atoms with E-state index in [9.17, 15) is 9.59 Å². The molecule has 0 radical (unpaired) electrons. The lowest BCUT2D eigenvalue weighted by Gasteiger charge is -2.06. The smallest absolute Gasteiger partial charge is 0.253 e. The minimum Gasteiger partial charge on any atom is -0.344 e. The van der Waals surface area contributed by atoms with Gasteiger partial charge in [0.05, 0.1) is 11.7 Å². The van der Waals surface area contributed by atoms with Crippen LogP contribution in [0.4, 0.5) is 0 Å². The van der Waals surface area contributed by atoms with E-state index in [4.69, 9.17) is 0 Å². The average Bonchev–Trinajstić information content (AvgIpc) is 2.96. The highest BCUT2D eigenvalue weighted by Crippen LogP contribution is 2.22. The van der Waals surface area contributed by atoms with Crippen molar-refractivity contribution in [1.29, 1.82) is 0 Å². The molecule has 0 spiro atoms. The number of aryl methyl sites for hydroxylation is 1. The monoisotopic (exact) mass is 269 g/mol. The number of Topliss-reactive ketones (excluding diaryl/α,β-unsaturated/α-hetero) is 1. The van der Waals surface area contributed by atoms with Crippen molar-refractivity contribution in [2.75, 3.05) is 0 Å². The Balaban J connectivity index is 1.95. The fraction of sp³-hybridized carbons (Fsp3) is 0.267. The molecule has 1 aromatic heterocycles. The van der Waals surface area contributed by atoms with Crippen molar-refractivity contribution >= 4 is 11.7 Å². The second-order valence-electron chi connectivity index (χ2n) is 5.09. The molecular formula is C15H15N3O2. The van der Waals surface area contributed by atoms with Crippen LogP contribution in [-0.2, 0) is 9.59 Å². The highest BCUT2D eigenvalue weighted by molar-refractivity contribution is 6.11. The van der Waals surface area contributed by atoms with Crippen LogP contribution in [-0.4, -0.2) is 27.5 Å². The Bertz CT molecular complexity index is 690. The number of hydrogen-bond acceptors (Lipinski definition) is 3. The molecule has 2 aromatic rings. The summed E-state index contributed by atoms with van der Waals surface area (Å²) < 4.78 is 1.44. The molecule has 1 aliphatic heterocycles. The number of amides is 1. The van der Waals surface area contributed by atoms with E-state index in [0.29, 0.717) is 0 Å². The average molecular weight is 269 g/mol. The molecule has 0 aliphatic carbocycles. The summed E-state index contributed by atoms with van der Waals surface area (Å²) in [7, 11) is 0. The first kappa shape index (κ1) is 12.6. The van der Waals surface area contributed by atoms with E-state index in [1.807, 2.05) is 37.3 Å². The predicted octanol–water partition coefficient (Wildman–Crippen LogP) is 1.49. The van der Waals surface area contributed by atoms with Crippen LogP contribution in [0.1, 0.15) is 18.5 Å². The lowest BCUT2D eigenvalue weighted by molar-refractivity contribution is -0.127. The first-order chi connectivity index (χ1) is 9.56. The van der Waals surface area contributed by atoms with Gasteiger partial charge < -0.3 is 5.32 Å². The van der Waals surface area contributed by atoms with Crippen molar-refractivity contribution in [3.8, 4) is 11.3 Å². The van der Waals surface area contributed by atoms with Crippen LogP contribution in [0.5, 0.6) is 0 Å². The molecule has 102 valence electrons. The van der Waals surface area contributed by atoms with Crippen molar-refractivity contribution in [3.63, 3.8) is 0 Å². The summed E-state index contributed by atoms with van der Waals surface area (Å²) in [6, 6.07) is 8.47. The van der Waals surface area contributed by atoms with Gasteiger partial charge in [-0.05, 0) is 26.0 Å². The normalized spacial score (nSPS) is 22.1. The Kier molecular flexibility index (Phi) is 2.89. The summed E-state index contributed by atoms with van der Waals surface area (Å²) in [4.78, 5) is 23.8. The Hall–Kier alpha value is -2.43. The fourth-order valence-corrected chi connectivity index (χ4v) is 2.42. The minimum atomic E-state index is -0.844. The number of nitrogens with one attached hydrogen (secondary N) is 1. The van der Waals surface area contributed by atoms with Gasteiger partial charge in [0.25, 0.3) is 5.91 Å². The van der Waals surface area contributed by atoms with Crippen LogP contribution in [0.3, 0.4) is 0 Å². The largest absolute Gasteiger partial charge is 0.344 e. The van der Waals surface area contributed by atoms with Crippen LogP contribution in [0.15, 0.2) is 36.5 Å². The lowest BCUT2D eigenvalue weighted by Crippen LogP contribution is -2.25. The maximum absolute atomic E-state index is 12.0. The molecule has 5 nitrogen and oxygen atoms in total. The van der Waals surface area contributed by atoms with Crippen LogP contribution in [0.2, 0.25) is 0 Å². The zero-order valence-corrected chi connectivity index (χ0v) is 11.3. The van der Waals surface area contributed by atoms with E-state index < -0.39 is 12.1 Å². The van der Waals surface area contributed by atoms with Gasteiger partial charge >= 0.3 is 0 Å². The zero-order valence-electron chi connectivity index (χ0n) is 11.3. The number of benzene rings is 1. The Morgan fingerprint density at radius 3 is 2.70 bits per heavy atom. The Morgan fingerprint density at radius 1 is 1.25 bits per heavy atom. The number of nitrogens with zero attached hydrogens (tertiary/aromatic N) is 2. The van der Waals surface area contributed by atoms with Crippen molar-refractivity contribution in [1.82, 2.24) is 15.1 Å². The molecule has 3 rings (SSSR count). The SMILES string of the molecule is Cc1cccc(-c2ccn(C3C(=O)NC(C)C3=O)n2)c1. The summed E-state index contributed by atoms with van der Waals surface area (Å²) in [5, 5.41) is 7.00. The summed E-state index contributed by atoms with van der Waals surface area (Å²) in [6.07, 6.45) is 1.68. The first-order valence-electron chi connectivity index (χ1n) is 6.52. The van der Waals surface area contributed by atoms with E-state index in [1.165, 1.54) is 4.68 Å². The van der Waals surface area contributed by atoms with Crippen molar-refractivity contribution in [3.05, 3.63) is 42.1 Å². The molecule has 1 amide bonds. The maximum atomic E-state index is 12.0. The van der Waals surface area contributed by atoms with Gasteiger partial charge in [0.2, 0.25) is 0 Å².